The van der Waals surface area contributed by atoms with E-state index in [0.717, 1.165) is 0 Å². The van der Waals surface area contributed by atoms with Crippen molar-refractivity contribution in [3.05, 3.63) is 0 Å². The zero-order valence-electron chi connectivity index (χ0n) is 4.63. The van der Waals surface area contributed by atoms with Gasteiger partial charge in [0.25, 0.3) is 0 Å². The summed E-state index contributed by atoms with van der Waals surface area (Å²) in [5.41, 5.74) is 5.04. The monoisotopic (exact) mass is 119 g/mol. The van der Waals surface area contributed by atoms with Crippen LogP contribution in [0.4, 0.5) is 0 Å². The Morgan fingerprint density at radius 3 is 2.62 bits per heavy atom. The molecule has 48 valence electrons. The number of carbonyl (C=O) groups is 1. The molecule has 0 spiro atoms. The second kappa shape index (κ2) is 3.40. The Morgan fingerprint density at radius 2 is 2.50 bits per heavy atom. The third-order valence-corrected chi connectivity index (χ3v) is 0.579. The lowest BCUT2D eigenvalue weighted by Crippen LogP contribution is -2.28. The van der Waals surface area contributed by atoms with Gasteiger partial charge >= 0.3 is 5.97 Å². The fourth-order valence-electron chi connectivity index (χ4n) is 0.195. The molecule has 0 radical (unpaired) electrons. The van der Waals surface area contributed by atoms with E-state index in [-0.39, 0.29) is 0 Å². The minimum Gasteiger partial charge on any atom is -0.438 e. The van der Waals surface area contributed by atoms with Gasteiger partial charge in [-0.25, -0.2) is 0 Å². The molecule has 0 amide bonds. The molecule has 0 saturated carbocycles. The number of rotatable bonds is 2. The van der Waals surface area contributed by atoms with E-state index < -0.39 is 18.8 Å². The first-order valence-electron chi connectivity index (χ1n) is 2.21. The topological polar surface area (TPSA) is 72.6 Å². The van der Waals surface area contributed by atoms with Gasteiger partial charge in [-0.2, -0.15) is 0 Å². The van der Waals surface area contributed by atoms with E-state index in [2.05, 4.69) is 4.74 Å². The third kappa shape index (κ3) is 2.54. The summed E-state index contributed by atoms with van der Waals surface area (Å²) in [5, 5.41) is 7.99. The third-order valence-electron chi connectivity index (χ3n) is 0.579. The largest absolute Gasteiger partial charge is 0.438 e. The number of aliphatic hydroxyl groups is 1. The summed E-state index contributed by atoms with van der Waals surface area (Å²) in [4.78, 5) is 10.2. The summed E-state index contributed by atoms with van der Waals surface area (Å²) >= 11 is 0. The number of carbonyl (C=O) groups excluding carboxylic acids is 1. The number of nitrogens with two attached hydrogens (primary N) is 1. The van der Waals surface area contributed by atoms with Crippen molar-refractivity contribution in [2.45, 2.75) is 13.0 Å². The molecule has 0 saturated heterocycles. The molecule has 4 heteroatoms. The summed E-state index contributed by atoms with van der Waals surface area (Å²) in [6, 6.07) is -0.651. The van der Waals surface area contributed by atoms with Gasteiger partial charge in [-0.15, -0.1) is 0 Å². The molecule has 3 N–H and O–H groups in total. The van der Waals surface area contributed by atoms with Crippen molar-refractivity contribution < 1.29 is 14.6 Å². The van der Waals surface area contributed by atoms with Crippen molar-refractivity contribution in [1.29, 1.82) is 0 Å². The van der Waals surface area contributed by atoms with Crippen LogP contribution in [0.1, 0.15) is 6.92 Å². The summed E-state index contributed by atoms with van der Waals surface area (Å²) in [5.74, 6) is -0.590. The van der Waals surface area contributed by atoms with Crippen LogP contribution in [0.25, 0.3) is 0 Å². The minimum atomic E-state index is -0.651. The molecule has 4 nitrogen and oxygen atoms in total. The van der Waals surface area contributed by atoms with E-state index >= 15 is 0 Å². The summed E-state index contributed by atoms with van der Waals surface area (Å²) in [6.45, 7) is 0.887. The highest BCUT2D eigenvalue weighted by atomic mass is 16.6. The van der Waals surface area contributed by atoms with E-state index in [1.54, 1.807) is 0 Å². The smallest absolute Gasteiger partial charge is 0.324 e. The van der Waals surface area contributed by atoms with E-state index in [1.165, 1.54) is 6.92 Å². The molecule has 0 bridgehead atoms. The van der Waals surface area contributed by atoms with Crippen LogP contribution >= 0.6 is 0 Å². The second-order valence-corrected chi connectivity index (χ2v) is 1.38. The Hall–Kier alpha value is -0.610. The Morgan fingerprint density at radius 1 is 2.00 bits per heavy atom. The standard InChI is InChI=1S/C4H9NO3/c1-3(5)4(7)8-2-6/h3,6H,2,5H2,1H3/t3-/m0/s1. The first-order chi connectivity index (χ1) is 3.68. The first kappa shape index (κ1) is 7.39. The normalized spacial score (nSPS) is 12.9. The van der Waals surface area contributed by atoms with Crippen molar-refractivity contribution in [2.24, 2.45) is 5.73 Å². The number of hydrogen-bond acceptors (Lipinski definition) is 4. The fourth-order valence-corrected chi connectivity index (χ4v) is 0.195. The number of aliphatic hydroxyl groups excluding tert-OH is 1. The Kier molecular flexibility index (Phi) is 3.14. The van der Waals surface area contributed by atoms with E-state index in [0.29, 0.717) is 0 Å². The Balaban J connectivity index is 3.33. The average molecular weight is 119 g/mol. The maximum Gasteiger partial charge on any atom is 0.324 e. The first-order valence-corrected chi connectivity index (χ1v) is 2.21. The van der Waals surface area contributed by atoms with Crippen molar-refractivity contribution in [1.82, 2.24) is 0 Å². The highest BCUT2D eigenvalue weighted by Gasteiger charge is 2.05. The molecule has 0 aliphatic heterocycles. The maximum absolute atomic E-state index is 10.2. The molecule has 0 aromatic rings. The van der Waals surface area contributed by atoms with Crippen LogP contribution in [-0.2, 0) is 9.53 Å². The molecule has 0 rings (SSSR count). The van der Waals surface area contributed by atoms with Crippen LogP contribution in [-0.4, -0.2) is 23.9 Å². The molecular formula is C4H9NO3. The quantitative estimate of drug-likeness (QED) is 0.355. The van der Waals surface area contributed by atoms with Gasteiger partial charge in [0.2, 0.25) is 0 Å². The molecule has 0 aliphatic carbocycles. The van der Waals surface area contributed by atoms with Gasteiger partial charge in [0, 0.05) is 0 Å². The van der Waals surface area contributed by atoms with Gasteiger partial charge < -0.3 is 15.6 Å². The summed E-state index contributed by atoms with van der Waals surface area (Å²) in [7, 11) is 0. The number of esters is 1. The molecule has 0 aliphatic rings. The van der Waals surface area contributed by atoms with Gasteiger partial charge in [0.05, 0.1) is 0 Å². The molecule has 1 atom stereocenters. The van der Waals surface area contributed by atoms with Crippen LogP contribution in [0.2, 0.25) is 0 Å². The predicted octanol–water partition coefficient (Wildman–Crippen LogP) is -1.17. The van der Waals surface area contributed by atoms with E-state index in [1.807, 2.05) is 0 Å². The zero-order chi connectivity index (χ0) is 6.57. The highest BCUT2D eigenvalue weighted by Crippen LogP contribution is 1.79. The molecule has 0 heterocycles. The summed E-state index contributed by atoms with van der Waals surface area (Å²) < 4.78 is 4.09. The highest BCUT2D eigenvalue weighted by molar-refractivity contribution is 5.74. The average Bonchev–Trinajstić information content (AvgIpc) is 1.67. The SMILES string of the molecule is C[C@H](N)C(=O)OCO. The van der Waals surface area contributed by atoms with Gasteiger partial charge in [0.15, 0.2) is 6.79 Å². The fraction of sp³-hybridized carbons (Fsp3) is 0.750. The van der Waals surface area contributed by atoms with Crippen LogP contribution in [0.15, 0.2) is 0 Å². The van der Waals surface area contributed by atoms with Crippen LogP contribution < -0.4 is 5.73 Å². The van der Waals surface area contributed by atoms with E-state index in [4.69, 9.17) is 10.8 Å². The number of hydrogen-bond donors (Lipinski definition) is 2. The van der Waals surface area contributed by atoms with E-state index in [9.17, 15) is 4.79 Å². The van der Waals surface area contributed by atoms with Gasteiger partial charge in [-0.3, -0.25) is 4.79 Å². The van der Waals surface area contributed by atoms with Crippen LogP contribution in [0.3, 0.4) is 0 Å². The van der Waals surface area contributed by atoms with Crippen LogP contribution in [0.5, 0.6) is 0 Å². The Bertz CT molecular complexity index is 81.4. The Labute approximate surface area is 47.2 Å². The molecular weight excluding hydrogens is 110 g/mol. The van der Waals surface area contributed by atoms with Crippen molar-refractivity contribution >= 4 is 5.97 Å². The lowest BCUT2D eigenvalue weighted by atomic mass is 10.4. The molecule has 0 aromatic heterocycles. The lowest BCUT2D eigenvalue weighted by Gasteiger charge is -2.01. The second-order valence-electron chi connectivity index (χ2n) is 1.38. The van der Waals surface area contributed by atoms with Gasteiger partial charge in [-0.1, -0.05) is 0 Å². The van der Waals surface area contributed by atoms with Crippen molar-refractivity contribution in [3.8, 4) is 0 Å². The summed E-state index contributed by atoms with van der Waals surface area (Å²) in [6.07, 6.45) is 0. The predicted molar refractivity (Wildman–Crippen MR) is 26.8 cm³/mol. The molecule has 0 aromatic carbocycles. The molecule has 8 heavy (non-hydrogen) atoms. The number of ether oxygens (including phenoxy) is 1. The van der Waals surface area contributed by atoms with Crippen molar-refractivity contribution in [2.75, 3.05) is 6.79 Å². The lowest BCUT2D eigenvalue weighted by molar-refractivity contribution is -0.152. The zero-order valence-corrected chi connectivity index (χ0v) is 4.63. The van der Waals surface area contributed by atoms with Gasteiger partial charge in [-0.05, 0) is 6.92 Å². The molecule has 0 fully saturated rings. The van der Waals surface area contributed by atoms with Crippen molar-refractivity contribution in [3.63, 3.8) is 0 Å². The van der Waals surface area contributed by atoms with Crippen LogP contribution in [0, 0.1) is 0 Å². The minimum absolute atomic E-state index is 0.590. The maximum atomic E-state index is 10.2. The molecule has 0 unspecified atom stereocenters. The van der Waals surface area contributed by atoms with Gasteiger partial charge in [0.1, 0.15) is 6.04 Å².